The van der Waals surface area contributed by atoms with Gasteiger partial charge in [-0.05, 0) is 112 Å². The Morgan fingerprint density at radius 3 is 1.39 bits per heavy atom. The topological polar surface area (TPSA) is 35.9 Å². The van der Waals surface area contributed by atoms with Crippen molar-refractivity contribution in [3.63, 3.8) is 0 Å². The number of imidazole rings is 1. The number of nitrogens with zero attached hydrogens (tertiary/aromatic N) is 3. The van der Waals surface area contributed by atoms with Crippen LogP contribution in [0.5, 0.6) is 0 Å². The molecule has 0 aliphatic heterocycles. The lowest BCUT2D eigenvalue weighted by molar-refractivity contribution is 0.669. The van der Waals surface area contributed by atoms with Gasteiger partial charge in [0.2, 0.25) is 0 Å². The van der Waals surface area contributed by atoms with Crippen LogP contribution in [0.3, 0.4) is 0 Å². The number of aromatic nitrogens is 3. The van der Waals surface area contributed by atoms with Crippen LogP contribution in [0.1, 0.15) is 0 Å². The van der Waals surface area contributed by atoms with Crippen molar-refractivity contribution in [2.24, 2.45) is 0 Å². The maximum atomic E-state index is 6.37. The Hall–Kier alpha value is -7.95. The third kappa shape index (κ3) is 5.49. The minimum Gasteiger partial charge on any atom is -0.456 e. The van der Waals surface area contributed by atoms with Crippen molar-refractivity contribution in [1.82, 2.24) is 14.1 Å². The third-order valence-corrected chi connectivity index (χ3v) is 11.8. The molecule has 0 saturated heterocycles. The summed E-state index contributed by atoms with van der Waals surface area (Å²) in [5.41, 5.74) is 16.6. The van der Waals surface area contributed by atoms with Gasteiger partial charge >= 0.3 is 0 Å². The van der Waals surface area contributed by atoms with Crippen molar-refractivity contribution in [3.05, 3.63) is 212 Å². The van der Waals surface area contributed by atoms with Gasteiger partial charge in [-0.25, -0.2) is 4.98 Å². The highest BCUT2D eigenvalue weighted by molar-refractivity contribution is 6.11. The highest BCUT2D eigenvalue weighted by Crippen LogP contribution is 2.39. The van der Waals surface area contributed by atoms with Crippen LogP contribution in [-0.4, -0.2) is 14.1 Å². The SMILES string of the molecule is c1ccc(-n2c(-c3ccc(-c4ccc(-c5ccc6oc7ccc(-c8ccc9c(c8)c8ccccc8n9-c8ccccc8)cc7c6c5)cc4)cc3)nc3ccccc32)cc1. The summed E-state index contributed by atoms with van der Waals surface area (Å²) in [6.07, 6.45) is 0. The van der Waals surface area contributed by atoms with E-state index in [9.17, 15) is 0 Å². The Bertz CT molecular complexity index is 3520. The van der Waals surface area contributed by atoms with Crippen molar-refractivity contribution >= 4 is 54.8 Å². The second-order valence-corrected chi connectivity index (χ2v) is 15.2. The smallest absolute Gasteiger partial charge is 0.145 e. The van der Waals surface area contributed by atoms with Crippen LogP contribution in [-0.2, 0) is 0 Å². The molecule has 3 aromatic heterocycles. The zero-order chi connectivity index (χ0) is 38.9. The highest BCUT2D eigenvalue weighted by Gasteiger charge is 2.17. The maximum absolute atomic E-state index is 6.37. The Morgan fingerprint density at radius 1 is 0.305 bits per heavy atom. The van der Waals surface area contributed by atoms with Crippen molar-refractivity contribution < 1.29 is 4.42 Å². The zero-order valence-corrected chi connectivity index (χ0v) is 32.0. The molecule has 0 aliphatic carbocycles. The van der Waals surface area contributed by atoms with Gasteiger partial charge in [-0.2, -0.15) is 0 Å². The van der Waals surface area contributed by atoms with E-state index in [1.165, 1.54) is 32.9 Å². The second kappa shape index (κ2) is 13.3. The number of fused-ring (bicyclic) bond motifs is 7. The van der Waals surface area contributed by atoms with Gasteiger partial charge in [-0.1, -0.05) is 133 Å². The minimum atomic E-state index is 0.889. The van der Waals surface area contributed by atoms with Crippen LogP contribution in [0.4, 0.5) is 0 Å². The van der Waals surface area contributed by atoms with Crippen LogP contribution in [0.15, 0.2) is 217 Å². The molecule has 4 heteroatoms. The van der Waals surface area contributed by atoms with Gasteiger partial charge in [0, 0.05) is 38.5 Å². The number of para-hydroxylation sites is 5. The average Bonchev–Trinajstić information content (AvgIpc) is 3.99. The van der Waals surface area contributed by atoms with Crippen LogP contribution in [0.25, 0.3) is 111 Å². The molecule has 0 unspecified atom stereocenters. The molecule has 0 fully saturated rings. The first-order valence-electron chi connectivity index (χ1n) is 20.0. The lowest BCUT2D eigenvalue weighted by Gasteiger charge is -2.10. The lowest BCUT2D eigenvalue weighted by Crippen LogP contribution is -1.97. The van der Waals surface area contributed by atoms with Gasteiger partial charge < -0.3 is 8.98 Å². The number of hydrogen-bond acceptors (Lipinski definition) is 2. The van der Waals surface area contributed by atoms with E-state index in [1.54, 1.807) is 0 Å². The molecular weight excluding hydrogens is 719 g/mol. The fourth-order valence-electron chi connectivity index (χ4n) is 8.87. The first-order valence-corrected chi connectivity index (χ1v) is 20.0. The van der Waals surface area contributed by atoms with E-state index < -0.39 is 0 Å². The molecule has 59 heavy (non-hydrogen) atoms. The molecule has 12 aromatic rings. The predicted octanol–water partition coefficient (Wildman–Crippen LogP) is 14.7. The fraction of sp³-hybridized carbons (Fsp3) is 0. The van der Waals surface area contributed by atoms with Gasteiger partial charge in [0.05, 0.1) is 22.1 Å². The predicted molar refractivity (Wildman–Crippen MR) is 244 cm³/mol. The summed E-state index contributed by atoms with van der Waals surface area (Å²) in [5, 5.41) is 4.71. The Kier molecular flexibility index (Phi) is 7.50. The van der Waals surface area contributed by atoms with Gasteiger partial charge in [0.1, 0.15) is 17.0 Å². The highest BCUT2D eigenvalue weighted by atomic mass is 16.3. The summed E-state index contributed by atoms with van der Waals surface area (Å²) in [6, 6.07) is 75.6. The zero-order valence-electron chi connectivity index (χ0n) is 32.0. The Balaban J connectivity index is 0.863. The van der Waals surface area contributed by atoms with Gasteiger partial charge in [0.15, 0.2) is 0 Å². The van der Waals surface area contributed by atoms with E-state index in [0.29, 0.717) is 0 Å². The Labute approximate surface area is 340 Å². The molecule has 9 aromatic carbocycles. The first kappa shape index (κ1) is 33.2. The van der Waals surface area contributed by atoms with Crippen LogP contribution < -0.4 is 0 Å². The van der Waals surface area contributed by atoms with E-state index in [-0.39, 0.29) is 0 Å². The summed E-state index contributed by atoms with van der Waals surface area (Å²) >= 11 is 0. The first-order chi connectivity index (χ1) is 29.2. The van der Waals surface area contributed by atoms with Gasteiger partial charge in [0.25, 0.3) is 0 Å². The molecule has 12 rings (SSSR count). The summed E-state index contributed by atoms with van der Waals surface area (Å²) in [4.78, 5) is 5.05. The number of rotatable bonds is 6. The standard InChI is InChI=1S/C55H35N3O/c1-3-11-43(12-4-1)57-50-17-9-7-15-45(50)46-33-41(27-30-51(46)57)42-29-32-54-48(35-42)47-34-40(28-31-53(47)59-54)38-21-19-36(20-22-38)37-23-25-39(26-24-37)55-56-49-16-8-10-18-52(49)58(55)44-13-5-2-6-14-44/h1-35H. The molecule has 0 N–H and O–H groups in total. The van der Waals surface area contributed by atoms with Crippen molar-refractivity contribution in [1.29, 1.82) is 0 Å². The van der Waals surface area contributed by atoms with Gasteiger partial charge in [-0.15, -0.1) is 0 Å². The number of furan rings is 1. The minimum absolute atomic E-state index is 0.889. The summed E-state index contributed by atoms with van der Waals surface area (Å²) in [5.74, 6) is 0.932. The second-order valence-electron chi connectivity index (χ2n) is 15.2. The van der Waals surface area contributed by atoms with E-state index >= 15 is 0 Å². The summed E-state index contributed by atoms with van der Waals surface area (Å²) in [6.45, 7) is 0. The average molecular weight is 754 g/mol. The monoisotopic (exact) mass is 753 g/mol. The normalized spacial score (nSPS) is 11.7. The summed E-state index contributed by atoms with van der Waals surface area (Å²) in [7, 11) is 0. The molecule has 0 amide bonds. The maximum Gasteiger partial charge on any atom is 0.145 e. The third-order valence-electron chi connectivity index (χ3n) is 11.8. The van der Waals surface area contributed by atoms with Crippen molar-refractivity contribution in [3.8, 4) is 56.1 Å². The van der Waals surface area contributed by atoms with Crippen LogP contribution >= 0.6 is 0 Å². The largest absolute Gasteiger partial charge is 0.456 e. The lowest BCUT2D eigenvalue weighted by atomic mass is 9.97. The molecule has 0 bridgehead atoms. The molecule has 0 atom stereocenters. The Morgan fingerprint density at radius 2 is 0.746 bits per heavy atom. The molecule has 276 valence electrons. The number of hydrogen-bond donors (Lipinski definition) is 0. The van der Waals surface area contributed by atoms with Crippen LogP contribution in [0, 0.1) is 0 Å². The molecule has 4 nitrogen and oxygen atoms in total. The van der Waals surface area contributed by atoms with E-state index in [1.807, 2.05) is 12.1 Å². The quantitative estimate of drug-likeness (QED) is 0.169. The van der Waals surface area contributed by atoms with Gasteiger partial charge in [-0.3, -0.25) is 4.57 Å². The van der Waals surface area contributed by atoms with E-state index in [0.717, 1.165) is 78.0 Å². The molecule has 0 aliphatic rings. The fourth-order valence-corrected chi connectivity index (χ4v) is 8.87. The molecule has 0 saturated carbocycles. The van der Waals surface area contributed by atoms with E-state index in [2.05, 4.69) is 209 Å². The summed E-state index contributed by atoms with van der Waals surface area (Å²) < 4.78 is 11.0. The van der Waals surface area contributed by atoms with Crippen molar-refractivity contribution in [2.45, 2.75) is 0 Å². The number of benzene rings is 9. The molecule has 0 spiro atoms. The van der Waals surface area contributed by atoms with E-state index in [4.69, 9.17) is 9.40 Å². The van der Waals surface area contributed by atoms with Crippen molar-refractivity contribution in [2.75, 3.05) is 0 Å². The molecule has 0 radical (unpaired) electrons. The molecule has 3 heterocycles. The molecular formula is C55H35N3O. The van der Waals surface area contributed by atoms with Crippen LogP contribution in [0.2, 0.25) is 0 Å².